The van der Waals surface area contributed by atoms with E-state index in [2.05, 4.69) is 5.32 Å². The molecule has 4 heteroatoms. The highest BCUT2D eigenvalue weighted by atomic mass is 32.2. The summed E-state index contributed by atoms with van der Waals surface area (Å²) in [5.41, 5.74) is 1.35. The number of hydrogen-bond donors (Lipinski definition) is 2. The molecule has 0 aromatic heterocycles. The van der Waals surface area contributed by atoms with Crippen LogP contribution in [0.2, 0.25) is 0 Å². The molecular formula is C14H19NO2S. The average molecular weight is 265 g/mol. The molecule has 0 radical (unpaired) electrons. The summed E-state index contributed by atoms with van der Waals surface area (Å²) in [5.74, 6) is 1.06. The van der Waals surface area contributed by atoms with Crippen molar-refractivity contribution in [2.24, 2.45) is 0 Å². The molecule has 3 nitrogen and oxygen atoms in total. The molecule has 0 spiro atoms. The van der Waals surface area contributed by atoms with Gasteiger partial charge in [0.05, 0.1) is 5.56 Å². The Balaban J connectivity index is 1.92. The molecule has 0 bridgehead atoms. The molecule has 0 aliphatic carbocycles. The van der Waals surface area contributed by atoms with Gasteiger partial charge in [0.25, 0.3) is 5.91 Å². The monoisotopic (exact) mass is 265 g/mol. The number of thioether (sulfide) groups is 1. The summed E-state index contributed by atoms with van der Waals surface area (Å²) in [6.07, 6.45) is 3.71. The zero-order valence-corrected chi connectivity index (χ0v) is 11.4. The first-order valence-electron chi connectivity index (χ1n) is 6.36. The van der Waals surface area contributed by atoms with Crippen LogP contribution < -0.4 is 5.32 Å². The molecule has 1 saturated heterocycles. The normalized spacial score (nSPS) is 19.5. The van der Waals surface area contributed by atoms with Gasteiger partial charge < -0.3 is 10.4 Å². The number of carbonyl (C=O) groups is 1. The number of aromatic hydroxyl groups is 1. The number of aryl methyl sites for hydroxylation is 1. The molecule has 1 atom stereocenters. The summed E-state index contributed by atoms with van der Waals surface area (Å²) >= 11 is 1.93. The van der Waals surface area contributed by atoms with E-state index in [1.165, 1.54) is 25.0 Å². The summed E-state index contributed by atoms with van der Waals surface area (Å²) < 4.78 is 0. The summed E-state index contributed by atoms with van der Waals surface area (Å²) in [6, 6.07) is 5.08. The summed E-state index contributed by atoms with van der Waals surface area (Å²) in [4.78, 5) is 12.0. The molecule has 1 aliphatic heterocycles. The maximum atomic E-state index is 12.0. The Morgan fingerprint density at radius 3 is 3.06 bits per heavy atom. The quantitative estimate of drug-likeness (QED) is 0.883. The average Bonchev–Trinajstić information content (AvgIpc) is 2.40. The molecule has 1 amide bonds. The number of carbonyl (C=O) groups excluding carboxylic acids is 1. The summed E-state index contributed by atoms with van der Waals surface area (Å²) in [5, 5.41) is 13.1. The summed E-state index contributed by atoms with van der Waals surface area (Å²) in [7, 11) is 0. The van der Waals surface area contributed by atoms with E-state index in [1.807, 2.05) is 18.7 Å². The van der Waals surface area contributed by atoms with Gasteiger partial charge >= 0.3 is 0 Å². The third-order valence-electron chi connectivity index (χ3n) is 3.16. The van der Waals surface area contributed by atoms with Crippen LogP contribution in [0, 0.1) is 6.92 Å². The highest BCUT2D eigenvalue weighted by molar-refractivity contribution is 7.99. The van der Waals surface area contributed by atoms with Crippen molar-refractivity contribution in [1.82, 2.24) is 5.32 Å². The van der Waals surface area contributed by atoms with E-state index in [4.69, 9.17) is 0 Å². The van der Waals surface area contributed by atoms with Crippen molar-refractivity contribution in [2.45, 2.75) is 31.4 Å². The van der Waals surface area contributed by atoms with Crippen molar-refractivity contribution in [3.05, 3.63) is 29.3 Å². The fourth-order valence-electron chi connectivity index (χ4n) is 2.10. The maximum Gasteiger partial charge on any atom is 0.255 e. The van der Waals surface area contributed by atoms with E-state index in [0.29, 0.717) is 17.4 Å². The van der Waals surface area contributed by atoms with Gasteiger partial charge in [-0.1, -0.05) is 18.1 Å². The van der Waals surface area contributed by atoms with Gasteiger partial charge in [-0.3, -0.25) is 4.79 Å². The standard InChI is InChI=1S/C14H19NO2S/c1-10-5-6-13(16)12(8-10)14(17)15-9-11-4-2-3-7-18-11/h5-6,8,11,16H,2-4,7,9H2,1H3,(H,15,17). The van der Waals surface area contributed by atoms with Gasteiger partial charge in [0.15, 0.2) is 0 Å². The molecule has 98 valence electrons. The lowest BCUT2D eigenvalue weighted by molar-refractivity contribution is 0.0950. The largest absolute Gasteiger partial charge is 0.507 e. The Morgan fingerprint density at radius 1 is 1.50 bits per heavy atom. The smallest absolute Gasteiger partial charge is 0.255 e. The lowest BCUT2D eigenvalue weighted by Crippen LogP contribution is -2.32. The van der Waals surface area contributed by atoms with Gasteiger partial charge in [-0.25, -0.2) is 0 Å². The number of rotatable bonds is 3. The molecule has 2 rings (SSSR count). The van der Waals surface area contributed by atoms with Crippen molar-refractivity contribution in [2.75, 3.05) is 12.3 Å². The van der Waals surface area contributed by atoms with Crippen molar-refractivity contribution < 1.29 is 9.90 Å². The van der Waals surface area contributed by atoms with Crippen molar-refractivity contribution in [1.29, 1.82) is 0 Å². The topological polar surface area (TPSA) is 49.3 Å². The minimum absolute atomic E-state index is 0.0504. The number of phenols is 1. The Hall–Kier alpha value is -1.16. The SMILES string of the molecule is Cc1ccc(O)c(C(=O)NCC2CCCCS2)c1. The van der Waals surface area contributed by atoms with Crippen molar-refractivity contribution in [3.8, 4) is 5.75 Å². The first-order valence-corrected chi connectivity index (χ1v) is 7.41. The maximum absolute atomic E-state index is 12.0. The van der Waals surface area contributed by atoms with Gasteiger partial charge in [0.1, 0.15) is 5.75 Å². The van der Waals surface area contributed by atoms with E-state index < -0.39 is 0 Å². The Labute approximate surface area is 112 Å². The minimum atomic E-state index is -0.178. The van der Waals surface area contributed by atoms with E-state index in [0.717, 1.165) is 5.56 Å². The summed E-state index contributed by atoms with van der Waals surface area (Å²) in [6.45, 7) is 2.60. The van der Waals surface area contributed by atoms with E-state index in [-0.39, 0.29) is 11.7 Å². The Kier molecular flexibility index (Phi) is 4.53. The van der Waals surface area contributed by atoms with Crippen LogP contribution in [0.1, 0.15) is 35.2 Å². The fraction of sp³-hybridized carbons (Fsp3) is 0.500. The lowest BCUT2D eigenvalue weighted by Gasteiger charge is -2.21. The van der Waals surface area contributed by atoms with Gasteiger partial charge in [-0.05, 0) is 37.7 Å². The Morgan fingerprint density at radius 2 is 2.33 bits per heavy atom. The highest BCUT2D eigenvalue weighted by Crippen LogP contribution is 2.24. The second-order valence-electron chi connectivity index (χ2n) is 4.72. The van der Waals surface area contributed by atoms with E-state index >= 15 is 0 Å². The number of hydrogen-bond acceptors (Lipinski definition) is 3. The lowest BCUT2D eigenvalue weighted by atomic mass is 10.1. The van der Waals surface area contributed by atoms with Gasteiger partial charge in [0, 0.05) is 11.8 Å². The molecule has 1 aliphatic rings. The highest BCUT2D eigenvalue weighted by Gasteiger charge is 2.16. The van der Waals surface area contributed by atoms with Gasteiger partial charge in [-0.15, -0.1) is 0 Å². The predicted octanol–water partition coefficient (Wildman–Crippen LogP) is 2.72. The molecule has 1 unspecified atom stereocenters. The minimum Gasteiger partial charge on any atom is -0.507 e. The third kappa shape index (κ3) is 3.42. The number of nitrogens with one attached hydrogen (secondary N) is 1. The predicted molar refractivity (Wildman–Crippen MR) is 75.3 cm³/mol. The first-order chi connectivity index (χ1) is 8.66. The molecule has 1 aromatic carbocycles. The Bertz CT molecular complexity index is 428. The van der Waals surface area contributed by atoms with Crippen LogP contribution in [0.25, 0.3) is 0 Å². The first kappa shape index (κ1) is 13.3. The van der Waals surface area contributed by atoms with Crippen LogP contribution in [0.15, 0.2) is 18.2 Å². The fourth-order valence-corrected chi connectivity index (χ4v) is 3.34. The molecule has 2 N–H and O–H groups in total. The van der Waals surface area contributed by atoms with E-state index in [9.17, 15) is 9.90 Å². The zero-order chi connectivity index (χ0) is 13.0. The second-order valence-corrected chi connectivity index (χ2v) is 6.13. The van der Waals surface area contributed by atoms with Crippen LogP contribution in [0.5, 0.6) is 5.75 Å². The van der Waals surface area contributed by atoms with Gasteiger partial charge in [0.2, 0.25) is 0 Å². The van der Waals surface area contributed by atoms with Crippen LogP contribution in [-0.4, -0.2) is 28.6 Å². The molecule has 1 aromatic rings. The molecule has 1 fully saturated rings. The van der Waals surface area contributed by atoms with Crippen LogP contribution in [0.3, 0.4) is 0 Å². The number of benzene rings is 1. The number of phenolic OH excluding ortho intramolecular Hbond substituents is 1. The van der Waals surface area contributed by atoms with Crippen molar-refractivity contribution in [3.63, 3.8) is 0 Å². The van der Waals surface area contributed by atoms with Gasteiger partial charge in [-0.2, -0.15) is 11.8 Å². The zero-order valence-electron chi connectivity index (χ0n) is 10.6. The molecule has 1 heterocycles. The number of amides is 1. The van der Waals surface area contributed by atoms with Crippen LogP contribution >= 0.6 is 11.8 Å². The third-order valence-corrected chi connectivity index (χ3v) is 4.56. The van der Waals surface area contributed by atoms with E-state index in [1.54, 1.807) is 18.2 Å². The van der Waals surface area contributed by atoms with Crippen LogP contribution in [-0.2, 0) is 0 Å². The molecule has 18 heavy (non-hydrogen) atoms. The van der Waals surface area contributed by atoms with Crippen LogP contribution in [0.4, 0.5) is 0 Å². The van der Waals surface area contributed by atoms with Crippen molar-refractivity contribution >= 4 is 17.7 Å². The molecule has 0 saturated carbocycles. The second kappa shape index (κ2) is 6.14. The molecular weight excluding hydrogens is 246 g/mol.